The maximum Gasteiger partial charge on any atom is 0.233 e. The van der Waals surface area contributed by atoms with Crippen molar-refractivity contribution in [1.29, 1.82) is 0 Å². The fraction of sp³-hybridized carbons (Fsp3) is 0.867. The highest BCUT2D eigenvalue weighted by atomic mass is 16.2. The molecule has 6 nitrogen and oxygen atoms in total. The van der Waals surface area contributed by atoms with Crippen molar-refractivity contribution in [2.45, 2.75) is 44.7 Å². The highest BCUT2D eigenvalue weighted by Crippen LogP contribution is 2.17. The third-order valence-corrected chi connectivity index (χ3v) is 4.57. The van der Waals surface area contributed by atoms with Gasteiger partial charge in [-0.05, 0) is 39.2 Å². The molecule has 3 N–H and O–H groups in total. The summed E-state index contributed by atoms with van der Waals surface area (Å²) >= 11 is 0. The zero-order valence-corrected chi connectivity index (χ0v) is 13.2. The number of likely N-dealkylation sites (tertiary alicyclic amines) is 1. The number of rotatable bonds is 4. The summed E-state index contributed by atoms with van der Waals surface area (Å²) in [6.07, 6.45) is 3.74. The molecular weight excluding hydrogens is 268 g/mol. The quantitative estimate of drug-likeness (QED) is 0.666. The molecule has 0 spiro atoms. The maximum absolute atomic E-state index is 12.3. The molecule has 2 aliphatic heterocycles. The van der Waals surface area contributed by atoms with E-state index in [4.69, 9.17) is 0 Å². The van der Waals surface area contributed by atoms with Crippen molar-refractivity contribution in [3.8, 4) is 0 Å². The van der Waals surface area contributed by atoms with Crippen molar-refractivity contribution in [3.63, 3.8) is 0 Å². The molecule has 2 heterocycles. The molecule has 0 bridgehead atoms. The van der Waals surface area contributed by atoms with E-state index in [2.05, 4.69) is 27.8 Å². The molecule has 0 aromatic rings. The number of carbonyl (C=O) groups excluding carboxylic acids is 2. The van der Waals surface area contributed by atoms with Crippen LogP contribution in [0.3, 0.4) is 0 Å². The van der Waals surface area contributed by atoms with Gasteiger partial charge in [-0.1, -0.05) is 0 Å². The van der Waals surface area contributed by atoms with Crippen molar-refractivity contribution in [3.05, 3.63) is 0 Å². The Kier molecular flexibility index (Phi) is 5.99. The SMILES string of the molecule is CNC(=O)CN1CCC(NC(=O)C2CCNC(C)C2)CC1. The second-order valence-electron chi connectivity index (χ2n) is 6.31. The Morgan fingerprint density at radius 1 is 1.24 bits per heavy atom. The Hall–Kier alpha value is -1.14. The summed E-state index contributed by atoms with van der Waals surface area (Å²) in [6.45, 7) is 5.28. The predicted molar refractivity (Wildman–Crippen MR) is 81.9 cm³/mol. The molecule has 0 aliphatic carbocycles. The number of amides is 2. The van der Waals surface area contributed by atoms with E-state index in [-0.39, 0.29) is 23.8 Å². The fourth-order valence-electron chi connectivity index (χ4n) is 3.21. The minimum absolute atomic E-state index is 0.0566. The van der Waals surface area contributed by atoms with E-state index in [1.807, 2.05) is 0 Å². The van der Waals surface area contributed by atoms with Gasteiger partial charge in [-0.25, -0.2) is 0 Å². The molecule has 2 amide bonds. The monoisotopic (exact) mass is 296 g/mol. The molecular formula is C15H28N4O2. The van der Waals surface area contributed by atoms with Gasteiger partial charge >= 0.3 is 0 Å². The molecule has 2 unspecified atom stereocenters. The third kappa shape index (κ3) is 4.97. The Labute approximate surface area is 127 Å². The second-order valence-corrected chi connectivity index (χ2v) is 6.31. The van der Waals surface area contributed by atoms with Crippen LogP contribution in [0.25, 0.3) is 0 Å². The van der Waals surface area contributed by atoms with Crippen LogP contribution in [0, 0.1) is 5.92 Å². The topological polar surface area (TPSA) is 73.5 Å². The first-order valence-electron chi connectivity index (χ1n) is 8.05. The Bertz CT molecular complexity index is 367. The van der Waals surface area contributed by atoms with Gasteiger partial charge in [0.25, 0.3) is 0 Å². The van der Waals surface area contributed by atoms with Gasteiger partial charge in [0.05, 0.1) is 6.54 Å². The summed E-state index contributed by atoms with van der Waals surface area (Å²) in [4.78, 5) is 25.8. The minimum Gasteiger partial charge on any atom is -0.358 e. The number of nitrogens with one attached hydrogen (secondary N) is 3. The molecule has 2 rings (SSSR count). The largest absolute Gasteiger partial charge is 0.358 e. The van der Waals surface area contributed by atoms with Gasteiger partial charge in [0.15, 0.2) is 0 Å². The van der Waals surface area contributed by atoms with E-state index in [1.165, 1.54) is 0 Å². The first-order valence-corrected chi connectivity index (χ1v) is 8.05. The van der Waals surface area contributed by atoms with Gasteiger partial charge in [0.2, 0.25) is 11.8 Å². The van der Waals surface area contributed by atoms with Crippen LogP contribution in [-0.4, -0.2) is 62.0 Å². The molecule has 2 saturated heterocycles. The van der Waals surface area contributed by atoms with Crippen LogP contribution in [0.2, 0.25) is 0 Å². The molecule has 0 aromatic heterocycles. The molecule has 2 fully saturated rings. The molecule has 6 heteroatoms. The van der Waals surface area contributed by atoms with E-state index < -0.39 is 0 Å². The number of nitrogens with zero attached hydrogens (tertiary/aromatic N) is 1. The molecule has 120 valence electrons. The normalized spacial score (nSPS) is 28.1. The lowest BCUT2D eigenvalue weighted by Crippen LogP contribution is -2.49. The number of piperidine rings is 2. The van der Waals surface area contributed by atoms with E-state index >= 15 is 0 Å². The van der Waals surface area contributed by atoms with Crippen molar-refractivity contribution in [2.75, 3.05) is 33.2 Å². The number of hydrogen-bond acceptors (Lipinski definition) is 4. The first kappa shape index (κ1) is 16.2. The summed E-state index contributed by atoms with van der Waals surface area (Å²) in [7, 11) is 1.66. The lowest BCUT2D eigenvalue weighted by molar-refractivity contribution is -0.127. The van der Waals surface area contributed by atoms with Crippen LogP contribution in [0.15, 0.2) is 0 Å². The van der Waals surface area contributed by atoms with Crippen LogP contribution in [0.4, 0.5) is 0 Å². The highest BCUT2D eigenvalue weighted by molar-refractivity contribution is 5.79. The number of hydrogen-bond donors (Lipinski definition) is 3. The van der Waals surface area contributed by atoms with Gasteiger partial charge in [-0.2, -0.15) is 0 Å². The lowest BCUT2D eigenvalue weighted by atomic mass is 9.92. The minimum atomic E-state index is 0.0566. The fourth-order valence-corrected chi connectivity index (χ4v) is 3.21. The smallest absolute Gasteiger partial charge is 0.233 e. The summed E-state index contributed by atoms with van der Waals surface area (Å²) in [6, 6.07) is 0.701. The lowest BCUT2D eigenvalue weighted by Gasteiger charge is -2.33. The van der Waals surface area contributed by atoms with Crippen LogP contribution in [0.5, 0.6) is 0 Å². The molecule has 21 heavy (non-hydrogen) atoms. The van der Waals surface area contributed by atoms with Crippen molar-refractivity contribution >= 4 is 11.8 Å². The van der Waals surface area contributed by atoms with E-state index in [1.54, 1.807) is 7.05 Å². The van der Waals surface area contributed by atoms with Crippen LogP contribution < -0.4 is 16.0 Å². The zero-order valence-electron chi connectivity index (χ0n) is 13.2. The van der Waals surface area contributed by atoms with Gasteiger partial charge in [-0.15, -0.1) is 0 Å². The molecule has 0 saturated carbocycles. The zero-order chi connectivity index (χ0) is 15.2. The Morgan fingerprint density at radius 3 is 2.57 bits per heavy atom. The highest BCUT2D eigenvalue weighted by Gasteiger charge is 2.28. The van der Waals surface area contributed by atoms with Crippen molar-refractivity contribution < 1.29 is 9.59 Å². The van der Waals surface area contributed by atoms with Crippen LogP contribution in [-0.2, 0) is 9.59 Å². The number of likely N-dealkylation sites (N-methyl/N-ethyl adjacent to an activating group) is 1. The van der Waals surface area contributed by atoms with Crippen molar-refractivity contribution in [2.24, 2.45) is 5.92 Å². The standard InChI is InChI=1S/C15H28N4O2/c1-11-9-12(3-6-17-11)15(21)18-13-4-7-19(8-5-13)10-14(20)16-2/h11-13,17H,3-10H2,1-2H3,(H,16,20)(H,18,21). The van der Waals surface area contributed by atoms with Gasteiger partial charge in [-0.3, -0.25) is 14.5 Å². The first-order chi connectivity index (χ1) is 10.1. The van der Waals surface area contributed by atoms with Gasteiger partial charge in [0, 0.05) is 38.1 Å². The number of carbonyl (C=O) groups is 2. The summed E-state index contributed by atoms with van der Waals surface area (Å²) in [5, 5.41) is 9.23. The molecule has 2 atom stereocenters. The van der Waals surface area contributed by atoms with E-state index in [0.29, 0.717) is 12.6 Å². The maximum atomic E-state index is 12.3. The second kappa shape index (κ2) is 7.75. The van der Waals surface area contributed by atoms with Crippen molar-refractivity contribution in [1.82, 2.24) is 20.9 Å². The van der Waals surface area contributed by atoms with E-state index in [9.17, 15) is 9.59 Å². The average molecular weight is 296 g/mol. The Balaban J connectivity index is 1.70. The Morgan fingerprint density at radius 2 is 1.95 bits per heavy atom. The molecule has 0 radical (unpaired) electrons. The van der Waals surface area contributed by atoms with Crippen LogP contribution in [0.1, 0.15) is 32.6 Å². The third-order valence-electron chi connectivity index (χ3n) is 4.57. The molecule has 2 aliphatic rings. The summed E-state index contributed by atoms with van der Waals surface area (Å²) in [5.74, 6) is 0.430. The van der Waals surface area contributed by atoms with E-state index in [0.717, 1.165) is 45.3 Å². The summed E-state index contributed by atoms with van der Waals surface area (Å²) in [5.41, 5.74) is 0. The van der Waals surface area contributed by atoms with Gasteiger partial charge in [0.1, 0.15) is 0 Å². The van der Waals surface area contributed by atoms with Gasteiger partial charge < -0.3 is 16.0 Å². The molecule has 0 aromatic carbocycles. The predicted octanol–water partition coefficient (Wildman–Crippen LogP) is -0.299. The summed E-state index contributed by atoms with van der Waals surface area (Å²) < 4.78 is 0. The van der Waals surface area contributed by atoms with Crippen LogP contribution >= 0.6 is 0 Å². The average Bonchev–Trinajstić information content (AvgIpc) is 2.49.